The number of hydrogen-bond donors (Lipinski definition) is 1. The van der Waals surface area contributed by atoms with Gasteiger partial charge in [-0.25, -0.2) is 9.07 Å². The molecule has 5 heteroatoms. The van der Waals surface area contributed by atoms with E-state index in [0.29, 0.717) is 5.69 Å². The quantitative estimate of drug-likeness (QED) is 0.905. The Morgan fingerprint density at radius 2 is 2.26 bits per heavy atom. The predicted molar refractivity (Wildman–Crippen MR) is 77.9 cm³/mol. The molecule has 0 amide bonds. The summed E-state index contributed by atoms with van der Waals surface area (Å²) in [6, 6.07) is 5.40. The van der Waals surface area contributed by atoms with E-state index in [2.05, 4.69) is 33.3 Å². The number of aromatic nitrogens is 2. The van der Waals surface area contributed by atoms with Crippen LogP contribution >= 0.6 is 15.9 Å². The number of rotatable bonds is 5. The molecule has 0 fully saturated rings. The van der Waals surface area contributed by atoms with Crippen LogP contribution in [0.5, 0.6) is 0 Å². The first-order chi connectivity index (χ1) is 9.11. The van der Waals surface area contributed by atoms with E-state index in [4.69, 9.17) is 0 Å². The van der Waals surface area contributed by atoms with Crippen LogP contribution in [0, 0.1) is 5.82 Å². The maximum absolute atomic E-state index is 14.1. The molecule has 0 bridgehead atoms. The van der Waals surface area contributed by atoms with Crippen molar-refractivity contribution in [2.24, 2.45) is 0 Å². The molecule has 0 saturated carbocycles. The Morgan fingerprint density at radius 3 is 2.84 bits per heavy atom. The van der Waals surface area contributed by atoms with Crippen molar-refractivity contribution in [2.45, 2.75) is 26.3 Å². The van der Waals surface area contributed by atoms with Crippen molar-refractivity contribution in [2.75, 3.05) is 6.54 Å². The van der Waals surface area contributed by atoms with E-state index < -0.39 is 0 Å². The molecule has 1 aromatic carbocycles. The van der Waals surface area contributed by atoms with Crippen molar-refractivity contribution in [1.29, 1.82) is 0 Å². The molecule has 1 atom stereocenters. The SMILES string of the molecule is CCCNC(C)c1ccc(-n2cc(Br)cn2)c(F)c1. The average molecular weight is 326 g/mol. The van der Waals surface area contributed by atoms with E-state index >= 15 is 0 Å². The zero-order chi connectivity index (χ0) is 13.8. The van der Waals surface area contributed by atoms with Crippen molar-refractivity contribution in [3.63, 3.8) is 0 Å². The number of nitrogens with zero attached hydrogens (tertiary/aromatic N) is 2. The highest BCUT2D eigenvalue weighted by atomic mass is 79.9. The maximum Gasteiger partial charge on any atom is 0.149 e. The normalized spacial score (nSPS) is 12.6. The molecule has 3 nitrogen and oxygen atoms in total. The smallest absolute Gasteiger partial charge is 0.149 e. The summed E-state index contributed by atoms with van der Waals surface area (Å²) in [7, 11) is 0. The Hall–Kier alpha value is -1.20. The molecule has 0 aliphatic heterocycles. The fraction of sp³-hybridized carbons (Fsp3) is 0.357. The molecule has 2 rings (SSSR count). The van der Waals surface area contributed by atoms with Gasteiger partial charge < -0.3 is 5.32 Å². The summed E-state index contributed by atoms with van der Waals surface area (Å²) in [6.45, 7) is 5.07. The van der Waals surface area contributed by atoms with Crippen molar-refractivity contribution in [3.05, 3.63) is 46.4 Å². The summed E-state index contributed by atoms with van der Waals surface area (Å²) < 4.78 is 16.5. The highest BCUT2D eigenvalue weighted by Crippen LogP contribution is 2.20. The third-order valence-electron chi connectivity index (χ3n) is 2.97. The Kier molecular flexibility index (Phi) is 4.71. The van der Waals surface area contributed by atoms with E-state index in [1.165, 1.54) is 4.68 Å². The van der Waals surface area contributed by atoms with Gasteiger partial charge in [0.15, 0.2) is 0 Å². The molecule has 102 valence electrons. The zero-order valence-electron chi connectivity index (χ0n) is 11.0. The van der Waals surface area contributed by atoms with Gasteiger partial charge in [0.05, 0.1) is 10.7 Å². The first-order valence-electron chi connectivity index (χ1n) is 6.35. The van der Waals surface area contributed by atoms with Gasteiger partial charge in [-0.2, -0.15) is 5.10 Å². The summed E-state index contributed by atoms with van der Waals surface area (Å²) in [5.41, 5.74) is 1.40. The lowest BCUT2D eigenvalue weighted by molar-refractivity contribution is 0.559. The molecule has 1 unspecified atom stereocenters. The van der Waals surface area contributed by atoms with Crippen LogP contribution in [0.1, 0.15) is 31.9 Å². The molecule has 2 aromatic rings. The van der Waals surface area contributed by atoms with Crippen LogP contribution in [0.4, 0.5) is 4.39 Å². The second-order valence-electron chi connectivity index (χ2n) is 4.49. The van der Waals surface area contributed by atoms with Crippen LogP contribution in [0.15, 0.2) is 35.1 Å². The molecule has 0 spiro atoms. The third-order valence-corrected chi connectivity index (χ3v) is 3.38. The van der Waals surface area contributed by atoms with E-state index in [1.54, 1.807) is 24.5 Å². The fourth-order valence-electron chi connectivity index (χ4n) is 1.89. The minimum Gasteiger partial charge on any atom is -0.310 e. The van der Waals surface area contributed by atoms with Crippen LogP contribution in [0.3, 0.4) is 0 Å². The second-order valence-corrected chi connectivity index (χ2v) is 5.41. The van der Waals surface area contributed by atoms with Crippen LogP contribution in [0.2, 0.25) is 0 Å². The van der Waals surface area contributed by atoms with E-state index in [9.17, 15) is 4.39 Å². The monoisotopic (exact) mass is 325 g/mol. The summed E-state index contributed by atoms with van der Waals surface area (Å²) >= 11 is 3.30. The highest BCUT2D eigenvalue weighted by Gasteiger charge is 2.10. The van der Waals surface area contributed by atoms with Gasteiger partial charge in [0.25, 0.3) is 0 Å². The number of benzene rings is 1. The van der Waals surface area contributed by atoms with Gasteiger partial charge in [0, 0.05) is 12.2 Å². The largest absolute Gasteiger partial charge is 0.310 e. The van der Waals surface area contributed by atoms with E-state index in [0.717, 1.165) is 23.0 Å². The van der Waals surface area contributed by atoms with Crippen molar-refractivity contribution in [1.82, 2.24) is 15.1 Å². The molecular formula is C14H17BrFN3. The Morgan fingerprint density at radius 1 is 1.47 bits per heavy atom. The summed E-state index contributed by atoms with van der Waals surface area (Å²) in [6.07, 6.45) is 4.43. The third kappa shape index (κ3) is 3.42. The van der Waals surface area contributed by atoms with Gasteiger partial charge in [-0.05, 0) is 53.5 Å². The van der Waals surface area contributed by atoms with Crippen LogP contribution in [-0.2, 0) is 0 Å². The topological polar surface area (TPSA) is 29.9 Å². The van der Waals surface area contributed by atoms with E-state index in [-0.39, 0.29) is 11.9 Å². The summed E-state index contributed by atoms with van der Waals surface area (Å²) in [5.74, 6) is -0.266. The average Bonchev–Trinajstić information content (AvgIpc) is 2.82. The van der Waals surface area contributed by atoms with E-state index in [1.807, 2.05) is 13.0 Å². The molecule has 1 N–H and O–H groups in total. The Balaban J connectivity index is 2.22. The standard InChI is InChI=1S/C14H17BrFN3/c1-3-6-17-10(2)11-4-5-14(13(16)7-11)19-9-12(15)8-18-19/h4-5,7-10,17H,3,6H2,1-2H3. The molecule has 1 heterocycles. The fourth-order valence-corrected chi connectivity index (χ4v) is 2.18. The predicted octanol–water partition coefficient (Wildman–Crippen LogP) is 3.83. The highest BCUT2D eigenvalue weighted by molar-refractivity contribution is 9.10. The van der Waals surface area contributed by atoms with Crippen molar-refractivity contribution < 1.29 is 4.39 Å². The van der Waals surface area contributed by atoms with Crippen LogP contribution in [-0.4, -0.2) is 16.3 Å². The lowest BCUT2D eigenvalue weighted by atomic mass is 10.1. The number of nitrogens with one attached hydrogen (secondary N) is 1. The first-order valence-corrected chi connectivity index (χ1v) is 7.14. The zero-order valence-corrected chi connectivity index (χ0v) is 12.6. The molecule has 0 radical (unpaired) electrons. The van der Waals surface area contributed by atoms with Gasteiger partial charge in [-0.3, -0.25) is 0 Å². The minimum atomic E-state index is -0.266. The maximum atomic E-state index is 14.1. The molecule has 0 aliphatic rings. The molecule has 0 aliphatic carbocycles. The van der Waals surface area contributed by atoms with Crippen LogP contribution in [0.25, 0.3) is 5.69 Å². The Bertz CT molecular complexity index is 553. The summed E-state index contributed by atoms with van der Waals surface area (Å²) in [5, 5.41) is 7.43. The van der Waals surface area contributed by atoms with Crippen molar-refractivity contribution in [3.8, 4) is 5.69 Å². The van der Waals surface area contributed by atoms with Gasteiger partial charge in [-0.15, -0.1) is 0 Å². The minimum absolute atomic E-state index is 0.146. The second kappa shape index (κ2) is 6.30. The Labute approximate surface area is 121 Å². The summed E-state index contributed by atoms with van der Waals surface area (Å²) in [4.78, 5) is 0. The van der Waals surface area contributed by atoms with Crippen LogP contribution < -0.4 is 5.32 Å². The molecule has 19 heavy (non-hydrogen) atoms. The molecule has 0 saturated heterocycles. The van der Waals surface area contributed by atoms with Gasteiger partial charge in [0.2, 0.25) is 0 Å². The first kappa shape index (κ1) is 14.2. The number of hydrogen-bond acceptors (Lipinski definition) is 2. The van der Waals surface area contributed by atoms with Gasteiger partial charge in [-0.1, -0.05) is 13.0 Å². The molecule has 1 aromatic heterocycles. The lowest BCUT2D eigenvalue weighted by Gasteiger charge is -2.14. The van der Waals surface area contributed by atoms with Crippen molar-refractivity contribution >= 4 is 15.9 Å². The van der Waals surface area contributed by atoms with Gasteiger partial charge >= 0.3 is 0 Å². The molecular weight excluding hydrogens is 309 g/mol. The number of halogens is 2. The lowest BCUT2D eigenvalue weighted by Crippen LogP contribution is -2.19. The van der Waals surface area contributed by atoms with Gasteiger partial charge in [0.1, 0.15) is 11.5 Å².